The van der Waals surface area contributed by atoms with Gasteiger partial charge in [-0.05, 0) is 23.8 Å². The number of anilines is 1. The van der Waals surface area contributed by atoms with Crippen LogP contribution in [0.25, 0.3) is 0 Å². The summed E-state index contributed by atoms with van der Waals surface area (Å²) in [6, 6.07) is 13.9. The van der Waals surface area contributed by atoms with Crippen LogP contribution in [0.5, 0.6) is 0 Å². The lowest BCUT2D eigenvalue weighted by molar-refractivity contribution is 0.301. The molecular formula is C16H18FN3O. The molecule has 0 unspecified atom stereocenters. The van der Waals surface area contributed by atoms with Gasteiger partial charge in [0, 0.05) is 24.3 Å². The lowest BCUT2D eigenvalue weighted by Gasteiger charge is -2.26. The Labute approximate surface area is 123 Å². The summed E-state index contributed by atoms with van der Waals surface area (Å²) in [5.41, 5.74) is 7.57. The number of halogens is 1. The fraction of sp³-hybridized carbons (Fsp3) is 0.188. The van der Waals surface area contributed by atoms with E-state index in [0.717, 1.165) is 5.56 Å². The van der Waals surface area contributed by atoms with Gasteiger partial charge in [0.1, 0.15) is 11.7 Å². The van der Waals surface area contributed by atoms with Gasteiger partial charge in [-0.15, -0.1) is 0 Å². The standard InChI is InChI=1S/C16H18FN3O/c17-13-6-7-15(14(10-13)16(18)19)20(8-9-21)11-12-4-2-1-3-5-12/h1-7,10,21H,8-9,11H2,(H3,18,19). The molecule has 21 heavy (non-hydrogen) atoms. The second kappa shape index (κ2) is 6.85. The maximum atomic E-state index is 13.4. The van der Waals surface area contributed by atoms with Crippen molar-refractivity contribution >= 4 is 11.5 Å². The van der Waals surface area contributed by atoms with Crippen molar-refractivity contribution in [2.75, 3.05) is 18.1 Å². The number of nitrogens with zero attached hydrogens (tertiary/aromatic N) is 1. The van der Waals surface area contributed by atoms with Crippen molar-refractivity contribution < 1.29 is 9.50 Å². The van der Waals surface area contributed by atoms with Crippen LogP contribution < -0.4 is 10.6 Å². The molecule has 4 N–H and O–H groups in total. The molecule has 0 spiro atoms. The summed E-state index contributed by atoms with van der Waals surface area (Å²) in [7, 11) is 0. The highest BCUT2D eigenvalue weighted by atomic mass is 19.1. The monoisotopic (exact) mass is 287 g/mol. The molecule has 2 aromatic carbocycles. The molecule has 5 heteroatoms. The van der Waals surface area contributed by atoms with E-state index in [1.165, 1.54) is 12.1 Å². The molecule has 4 nitrogen and oxygen atoms in total. The summed E-state index contributed by atoms with van der Waals surface area (Å²) < 4.78 is 13.4. The van der Waals surface area contributed by atoms with Gasteiger partial charge in [-0.2, -0.15) is 0 Å². The van der Waals surface area contributed by atoms with E-state index >= 15 is 0 Å². The average Bonchev–Trinajstić information content (AvgIpc) is 2.48. The zero-order valence-electron chi connectivity index (χ0n) is 11.6. The van der Waals surface area contributed by atoms with Crippen LogP contribution in [0, 0.1) is 11.2 Å². The molecule has 0 aliphatic carbocycles. The summed E-state index contributed by atoms with van der Waals surface area (Å²) in [4.78, 5) is 1.88. The lowest BCUT2D eigenvalue weighted by atomic mass is 10.1. The topological polar surface area (TPSA) is 73.3 Å². The summed E-state index contributed by atoms with van der Waals surface area (Å²) in [5.74, 6) is -0.631. The van der Waals surface area contributed by atoms with E-state index in [2.05, 4.69) is 0 Å². The van der Waals surface area contributed by atoms with E-state index in [9.17, 15) is 9.50 Å². The van der Waals surface area contributed by atoms with Gasteiger partial charge in [-0.1, -0.05) is 30.3 Å². The number of rotatable bonds is 6. The minimum Gasteiger partial charge on any atom is -0.395 e. The molecule has 0 aliphatic heterocycles. The van der Waals surface area contributed by atoms with Gasteiger partial charge in [-0.25, -0.2) is 4.39 Å². The molecule has 2 aromatic rings. The summed E-state index contributed by atoms with van der Waals surface area (Å²) in [6.07, 6.45) is 0. The van der Waals surface area contributed by atoms with E-state index in [0.29, 0.717) is 24.3 Å². The number of nitrogens with one attached hydrogen (secondary N) is 1. The number of hydrogen-bond acceptors (Lipinski definition) is 3. The number of amidine groups is 1. The molecule has 0 saturated carbocycles. The number of nitrogens with two attached hydrogens (primary N) is 1. The van der Waals surface area contributed by atoms with Gasteiger partial charge >= 0.3 is 0 Å². The first-order valence-electron chi connectivity index (χ1n) is 6.65. The number of aliphatic hydroxyl groups excluding tert-OH is 1. The van der Waals surface area contributed by atoms with Crippen LogP contribution in [0.1, 0.15) is 11.1 Å². The highest BCUT2D eigenvalue weighted by Gasteiger charge is 2.14. The number of aliphatic hydroxyl groups is 1. The quantitative estimate of drug-likeness (QED) is 0.563. The Kier molecular flexibility index (Phi) is 4.90. The Morgan fingerprint density at radius 2 is 1.90 bits per heavy atom. The molecule has 0 atom stereocenters. The largest absolute Gasteiger partial charge is 0.395 e. The normalized spacial score (nSPS) is 10.4. The molecule has 0 aliphatic rings. The van der Waals surface area contributed by atoms with Crippen LogP contribution >= 0.6 is 0 Å². The second-order valence-corrected chi connectivity index (χ2v) is 4.71. The Balaban J connectivity index is 2.36. The van der Waals surface area contributed by atoms with Crippen LogP contribution in [0.2, 0.25) is 0 Å². The minimum atomic E-state index is -0.437. The number of hydrogen-bond donors (Lipinski definition) is 3. The van der Waals surface area contributed by atoms with Crippen LogP contribution in [0.15, 0.2) is 48.5 Å². The number of benzene rings is 2. The van der Waals surface area contributed by atoms with Crippen molar-refractivity contribution in [2.24, 2.45) is 5.73 Å². The second-order valence-electron chi connectivity index (χ2n) is 4.71. The zero-order valence-corrected chi connectivity index (χ0v) is 11.6. The zero-order chi connectivity index (χ0) is 15.2. The van der Waals surface area contributed by atoms with E-state index in [4.69, 9.17) is 11.1 Å². The molecule has 0 aromatic heterocycles. The van der Waals surface area contributed by atoms with Gasteiger partial charge < -0.3 is 15.7 Å². The van der Waals surface area contributed by atoms with Crippen LogP contribution in [0.4, 0.5) is 10.1 Å². The smallest absolute Gasteiger partial charge is 0.125 e. The molecule has 0 fully saturated rings. The Morgan fingerprint density at radius 1 is 1.19 bits per heavy atom. The van der Waals surface area contributed by atoms with Crippen LogP contribution in [0.3, 0.4) is 0 Å². The third kappa shape index (κ3) is 3.79. The van der Waals surface area contributed by atoms with E-state index in [1.54, 1.807) is 6.07 Å². The fourth-order valence-corrected chi connectivity index (χ4v) is 2.21. The van der Waals surface area contributed by atoms with E-state index in [-0.39, 0.29) is 12.4 Å². The SMILES string of the molecule is N=C(N)c1cc(F)ccc1N(CCO)Cc1ccccc1. The predicted octanol–water partition coefficient (Wildman–Crippen LogP) is 2.11. The highest BCUT2D eigenvalue weighted by molar-refractivity contribution is 6.00. The summed E-state index contributed by atoms with van der Waals surface area (Å²) >= 11 is 0. The molecule has 0 heterocycles. The van der Waals surface area contributed by atoms with E-state index in [1.807, 2.05) is 35.2 Å². The molecule has 0 bridgehead atoms. The Morgan fingerprint density at radius 3 is 2.52 bits per heavy atom. The Hall–Kier alpha value is -2.40. The maximum Gasteiger partial charge on any atom is 0.125 e. The van der Waals surface area contributed by atoms with Crippen LogP contribution in [-0.4, -0.2) is 24.1 Å². The number of nitrogen functional groups attached to an aromatic ring is 1. The van der Waals surface area contributed by atoms with Gasteiger partial charge in [-0.3, -0.25) is 5.41 Å². The summed E-state index contributed by atoms with van der Waals surface area (Å²) in [5, 5.41) is 16.9. The molecule has 0 amide bonds. The third-order valence-corrected chi connectivity index (χ3v) is 3.18. The molecule has 0 radical (unpaired) electrons. The van der Waals surface area contributed by atoms with Gasteiger partial charge in [0.25, 0.3) is 0 Å². The average molecular weight is 287 g/mol. The van der Waals surface area contributed by atoms with Crippen molar-refractivity contribution in [3.05, 3.63) is 65.5 Å². The fourth-order valence-electron chi connectivity index (χ4n) is 2.21. The van der Waals surface area contributed by atoms with Crippen molar-refractivity contribution in [3.8, 4) is 0 Å². The first-order valence-corrected chi connectivity index (χ1v) is 6.65. The van der Waals surface area contributed by atoms with Crippen LogP contribution in [-0.2, 0) is 6.54 Å². The predicted molar refractivity (Wildman–Crippen MR) is 82.0 cm³/mol. The van der Waals surface area contributed by atoms with Gasteiger partial charge in [0.05, 0.1) is 6.61 Å². The first-order chi connectivity index (χ1) is 10.1. The maximum absolute atomic E-state index is 13.4. The van der Waals surface area contributed by atoms with Crippen molar-refractivity contribution in [1.82, 2.24) is 0 Å². The third-order valence-electron chi connectivity index (χ3n) is 3.18. The van der Waals surface area contributed by atoms with Gasteiger partial charge in [0.2, 0.25) is 0 Å². The van der Waals surface area contributed by atoms with E-state index < -0.39 is 5.82 Å². The molecular weight excluding hydrogens is 269 g/mol. The Bertz CT molecular complexity index is 616. The minimum absolute atomic E-state index is 0.0401. The molecule has 2 rings (SSSR count). The van der Waals surface area contributed by atoms with Crippen molar-refractivity contribution in [2.45, 2.75) is 6.54 Å². The van der Waals surface area contributed by atoms with Crippen molar-refractivity contribution in [1.29, 1.82) is 5.41 Å². The van der Waals surface area contributed by atoms with Gasteiger partial charge in [0.15, 0.2) is 0 Å². The van der Waals surface area contributed by atoms with Crippen molar-refractivity contribution in [3.63, 3.8) is 0 Å². The first kappa shape index (κ1) is 15.0. The highest BCUT2D eigenvalue weighted by Crippen LogP contribution is 2.23. The molecule has 110 valence electrons. The lowest BCUT2D eigenvalue weighted by Crippen LogP contribution is -2.29. The summed E-state index contributed by atoms with van der Waals surface area (Å²) in [6.45, 7) is 0.885. The molecule has 0 saturated heterocycles.